The largest absolute Gasteiger partial charge is 0.371 e. The summed E-state index contributed by atoms with van der Waals surface area (Å²) < 4.78 is 7.79. The number of benzene rings is 2. The number of fused-ring (bicyclic) bond motifs is 2. The Morgan fingerprint density at radius 3 is 2.81 bits per heavy atom. The van der Waals surface area contributed by atoms with Crippen molar-refractivity contribution in [1.29, 1.82) is 0 Å². The Kier molecular flexibility index (Phi) is 4.93. The molecule has 4 rings (SSSR count). The minimum Gasteiger partial charge on any atom is -0.371 e. The number of carbonyl (C=O) groups is 1. The van der Waals surface area contributed by atoms with Crippen LogP contribution in [0.25, 0.3) is 10.9 Å². The van der Waals surface area contributed by atoms with Crippen LogP contribution < -0.4 is 5.32 Å². The molecular weight excluding hydrogens is 380 g/mol. The van der Waals surface area contributed by atoms with Crippen molar-refractivity contribution in [2.45, 2.75) is 24.0 Å². The molecule has 2 aromatic carbocycles. The van der Waals surface area contributed by atoms with Crippen LogP contribution in [0.1, 0.15) is 40.7 Å². The second-order valence-electron chi connectivity index (χ2n) is 6.79. The number of aryl methyl sites for hydroxylation is 1. The fraction of sp³-hybridized carbons (Fsp3) is 0.286. The smallest absolute Gasteiger partial charge is 0.268 e. The molecule has 2 atom stereocenters. The molecule has 1 aromatic heterocycles. The van der Waals surface area contributed by atoms with Gasteiger partial charge in [-0.3, -0.25) is 4.79 Å². The standard InChI is InChI=1S/C21H21ClN2O2S/c1-12-17-10-15(27-3)6-7-16(17)18(11-26-12)23-21(25)20-8-13-4-5-14(22)9-19(13)24(20)2/h4-10,12,18H,11H2,1-3H3,(H,23,25). The summed E-state index contributed by atoms with van der Waals surface area (Å²) in [5.74, 6) is -0.118. The Balaban J connectivity index is 1.64. The Hall–Kier alpha value is -1.95. The molecule has 0 saturated heterocycles. The number of amides is 1. The molecule has 1 N–H and O–H groups in total. The Morgan fingerprint density at radius 1 is 1.22 bits per heavy atom. The topological polar surface area (TPSA) is 43.3 Å². The highest BCUT2D eigenvalue weighted by Gasteiger charge is 2.28. The average Bonchev–Trinajstić information content (AvgIpc) is 3.00. The molecule has 0 bridgehead atoms. The van der Waals surface area contributed by atoms with E-state index in [4.69, 9.17) is 16.3 Å². The molecule has 0 fully saturated rings. The van der Waals surface area contributed by atoms with Crippen molar-refractivity contribution in [1.82, 2.24) is 9.88 Å². The maximum absolute atomic E-state index is 13.0. The van der Waals surface area contributed by atoms with Crippen molar-refractivity contribution in [3.63, 3.8) is 0 Å². The van der Waals surface area contributed by atoms with Crippen LogP contribution in [0, 0.1) is 0 Å². The summed E-state index contributed by atoms with van der Waals surface area (Å²) in [5.41, 5.74) is 3.81. The van der Waals surface area contributed by atoms with Crippen LogP contribution in [-0.2, 0) is 11.8 Å². The number of nitrogens with zero attached hydrogens (tertiary/aromatic N) is 1. The fourth-order valence-electron chi connectivity index (χ4n) is 3.64. The number of ether oxygens (including phenoxy) is 1. The summed E-state index contributed by atoms with van der Waals surface area (Å²) in [7, 11) is 1.88. The third-order valence-corrected chi connectivity index (χ3v) is 6.13. The minimum atomic E-state index is -0.166. The van der Waals surface area contributed by atoms with Crippen LogP contribution in [0.5, 0.6) is 0 Å². The van der Waals surface area contributed by atoms with Gasteiger partial charge in [-0.25, -0.2) is 0 Å². The zero-order valence-electron chi connectivity index (χ0n) is 15.5. The van der Waals surface area contributed by atoms with Gasteiger partial charge in [0.2, 0.25) is 0 Å². The first-order chi connectivity index (χ1) is 13.0. The second-order valence-corrected chi connectivity index (χ2v) is 8.10. The number of thioether (sulfide) groups is 1. The zero-order valence-corrected chi connectivity index (χ0v) is 17.0. The lowest BCUT2D eigenvalue weighted by Crippen LogP contribution is -2.36. The third-order valence-electron chi connectivity index (χ3n) is 5.17. The van der Waals surface area contributed by atoms with Gasteiger partial charge < -0.3 is 14.6 Å². The van der Waals surface area contributed by atoms with Gasteiger partial charge in [-0.2, -0.15) is 0 Å². The van der Waals surface area contributed by atoms with Gasteiger partial charge in [0.05, 0.1) is 18.8 Å². The molecule has 2 unspecified atom stereocenters. The van der Waals surface area contributed by atoms with E-state index in [9.17, 15) is 4.79 Å². The average molecular weight is 401 g/mol. The molecule has 4 nitrogen and oxygen atoms in total. The maximum Gasteiger partial charge on any atom is 0.268 e. The van der Waals surface area contributed by atoms with Crippen LogP contribution in [0.4, 0.5) is 0 Å². The lowest BCUT2D eigenvalue weighted by Gasteiger charge is -2.31. The van der Waals surface area contributed by atoms with Crippen LogP contribution in [0.3, 0.4) is 0 Å². The summed E-state index contributed by atoms with van der Waals surface area (Å²) in [4.78, 5) is 14.2. The van der Waals surface area contributed by atoms with Crippen molar-refractivity contribution >= 4 is 40.2 Å². The van der Waals surface area contributed by atoms with Gasteiger partial charge in [0, 0.05) is 27.9 Å². The van der Waals surface area contributed by atoms with Crippen molar-refractivity contribution < 1.29 is 9.53 Å². The van der Waals surface area contributed by atoms with Crippen molar-refractivity contribution in [2.75, 3.05) is 12.9 Å². The Morgan fingerprint density at radius 2 is 2.04 bits per heavy atom. The van der Waals surface area contributed by atoms with E-state index in [1.807, 2.05) is 35.9 Å². The fourth-order valence-corrected chi connectivity index (χ4v) is 4.26. The van der Waals surface area contributed by atoms with Gasteiger partial charge in [-0.1, -0.05) is 23.7 Å². The first-order valence-corrected chi connectivity index (χ1v) is 10.4. The zero-order chi connectivity index (χ0) is 19.1. The SMILES string of the molecule is CSc1ccc2c(c1)C(C)OCC2NC(=O)c1cc2ccc(Cl)cc2n1C. The molecule has 1 amide bonds. The van der Waals surface area contributed by atoms with E-state index in [1.165, 1.54) is 4.90 Å². The predicted molar refractivity (Wildman–Crippen MR) is 111 cm³/mol. The van der Waals surface area contributed by atoms with Crippen molar-refractivity contribution in [2.24, 2.45) is 7.05 Å². The maximum atomic E-state index is 13.0. The van der Waals surface area contributed by atoms with Gasteiger partial charge in [0.1, 0.15) is 5.69 Å². The highest BCUT2D eigenvalue weighted by molar-refractivity contribution is 7.98. The summed E-state index contributed by atoms with van der Waals surface area (Å²) in [5, 5.41) is 4.79. The molecule has 0 aliphatic carbocycles. The molecular formula is C21H21ClN2O2S. The Bertz CT molecular complexity index is 1030. The van der Waals surface area contributed by atoms with Gasteiger partial charge in [-0.05, 0) is 54.6 Å². The van der Waals surface area contributed by atoms with E-state index in [-0.39, 0.29) is 18.1 Å². The molecule has 0 spiro atoms. The number of halogens is 1. The number of rotatable bonds is 3. The van der Waals surface area contributed by atoms with Crippen LogP contribution in [0.15, 0.2) is 47.4 Å². The van der Waals surface area contributed by atoms with Crippen molar-refractivity contribution in [3.05, 3.63) is 64.3 Å². The molecule has 0 radical (unpaired) electrons. The lowest BCUT2D eigenvalue weighted by atomic mass is 9.94. The van der Waals surface area contributed by atoms with Crippen LogP contribution in [-0.4, -0.2) is 23.3 Å². The normalized spacial score (nSPS) is 19.1. The molecule has 27 heavy (non-hydrogen) atoms. The number of aromatic nitrogens is 1. The molecule has 2 heterocycles. The molecule has 140 valence electrons. The second kappa shape index (κ2) is 7.23. The van der Waals surface area contributed by atoms with E-state index in [2.05, 4.69) is 36.7 Å². The summed E-state index contributed by atoms with van der Waals surface area (Å²) in [6.07, 6.45) is 2.08. The van der Waals surface area contributed by atoms with Crippen molar-refractivity contribution in [3.8, 4) is 0 Å². The number of hydrogen-bond donors (Lipinski definition) is 1. The van der Waals surface area contributed by atoms with E-state index in [1.54, 1.807) is 11.8 Å². The molecule has 6 heteroatoms. The van der Waals surface area contributed by atoms with Crippen LogP contribution >= 0.6 is 23.4 Å². The van der Waals surface area contributed by atoms with E-state index < -0.39 is 0 Å². The number of nitrogens with one attached hydrogen (secondary N) is 1. The van der Waals surface area contributed by atoms with E-state index in [0.29, 0.717) is 17.3 Å². The molecule has 0 saturated carbocycles. The van der Waals surface area contributed by atoms with Gasteiger partial charge in [-0.15, -0.1) is 11.8 Å². The van der Waals surface area contributed by atoms with E-state index in [0.717, 1.165) is 22.0 Å². The first kappa shape index (κ1) is 18.4. The van der Waals surface area contributed by atoms with Crippen LogP contribution in [0.2, 0.25) is 5.02 Å². The highest BCUT2D eigenvalue weighted by atomic mass is 35.5. The lowest BCUT2D eigenvalue weighted by molar-refractivity contribution is 0.0316. The summed E-state index contributed by atoms with van der Waals surface area (Å²) >= 11 is 7.80. The number of hydrogen-bond acceptors (Lipinski definition) is 3. The molecule has 1 aliphatic heterocycles. The summed E-state index contributed by atoms with van der Waals surface area (Å²) in [6.45, 7) is 2.52. The molecule has 3 aromatic rings. The van der Waals surface area contributed by atoms with E-state index >= 15 is 0 Å². The molecule has 1 aliphatic rings. The third kappa shape index (κ3) is 3.35. The minimum absolute atomic E-state index is 0.0278. The predicted octanol–water partition coefficient (Wildman–Crippen LogP) is 5.12. The quantitative estimate of drug-likeness (QED) is 0.621. The van der Waals surface area contributed by atoms with Gasteiger partial charge >= 0.3 is 0 Å². The monoisotopic (exact) mass is 400 g/mol. The highest BCUT2D eigenvalue weighted by Crippen LogP contribution is 2.35. The summed E-state index contributed by atoms with van der Waals surface area (Å²) in [6, 6.07) is 13.7. The number of carbonyl (C=O) groups excluding carboxylic acids is 1. The first-order valence-electron chi connectivity index (χ1n) is 8.83. The van der Waals surface area contributed by atoms with Gasteiger partial charge in [0.15, 0.2) is 0 Å². The Labute approximate surface area is 167 Å². The van der Waals surface area contributed by atoms with Gasteiger partial charge in [0.25, 0.3) is 5.91 Å².